The highest BCUT2D eigenvalue weighted by Crippen LogP contribution is 2.29. The van der Waals surface area contributed by atoms with Crippen molar-refractivity contribution in [1.82, 2.24) is 19.9 Å². The third kappa shape index (κ3) is 5.53. The third-order valence-corrected chi connectivity index (χ3v) is 6.64. The number of amides is 3. The van der Waals surface area contributed by atoms with Crippen molar-refractivity contribution >= 4 is 41.2 Å². The summed E-state index contributed by atoms with van der Waals surface area (Å²) in [6.45, 7) is 3.48. The summed E-state index contributed by atoms with van der Waals surface area (Å²) in [5.41, 5.74) is 4.09. The summed E-state index contributed by atoms with van der Waals surface area (Å²) in [4.78, 5) is 53.4. The molecule has 0 atom stereocenters. The molecule has 3 aromatic heterocycles. The van der Waals surface area contributed by atoms with E-state index in [1.165, 1.54) is 11.1 Å². The second-order valence-electron chi connectivity index (χ2n) is 9.23. The van der Waals surface area contributed by atoms with E-state index >= 15 is 0 Å². The first-order valence-corrected chi connectivity index (χ1v) is 12.5. The number of hydrogen-bond donors (Lipinski definition) is 2. The van der Waals surface area contributed by atoms with Crippen molar-refractivity contribution in [2.75, 3.05) is 41.8 Å². The van der Waals surface area contributed by atoms with Crippen molar-refractivity contribution < 1.29 is 19.1 Å². The van der Waals surface area contributed by atoms with Gasteiger partial charge in [-0.2, -0.15) is 5.26 Å². The Morgan fingerprint density at radius 2 is 2.13 bits per heavy atom. The molecule has 39 heavy (non-hydrogen) atoms. The van der Waals surface area contributed by atoms with Crippen molar-refractivity contribution in [3.63, 3.8) is 0 Å². The van der Waals surface area contributed by atoms with E-state index in [0.29, 0.717) is 61.5 Å². The second-order valence-corrected chi connectivity index (χ2v) is 9.23. The number of aldehydes is 1. The molecule has 2 N–H and O–H groups in total. The van der Waals surface area contributed by atoms with Gasteiger partial charge in [-0.25, -0.2) is 14.8 Å². The van der Waals surface area contributed by atoms with Crippen LogP contribution >= 0.6 is 0 Å². The van der Waals surface area contributed by atoms with Gasteiger partial charge >= 0.3 is 6.03 Å². The summed E-state index contributed by atoms with van der Waals surface area (Å²) < 4.78 is 5.19. The summed E-state index contributed by atoms with van der Waals surface area (Å²) >= 11 is 0. The Morgan fingerprint density at radius 3 is 2.90 bits per heavy atom. The fourth-order valence-corrected chi connectivity index (χ4v) is 4.54. The number of ether oxygens (including phenoxy) is 1. The highest BCUT2D eigenvalue weighted by Gasteiger charge is 2.28. The number of anilines is 4. The fraction of sp³-hybridized carbons (Fsp3) is 0.296. The van der Waals surface area contributed by atoms with E-state index in [4.69, 9.17) is 4.74 Å². The molecule has 0 aromatic carbocycles. The minimum absolute atomic E-state index is 0.0190. The van der Waals surface area contributed by atoms with Crippen LogP contribution in [-0.4, -0.2) is 64.4 Å². The fourth-order valence-electron chi connectivity index (χ4n) is 4.54. The van der Waals surface area contributed by atoms with E-state index in [1.54, 1.807) is 23.4 Å². The summed E-state index contributed by atoms with van der Waals surface area (Å²) in [7, 11) is 0. The Bertz CT molecular complexity index is 1490. The zero-order valence-corrected chi connectivity index (χ0v) is 21.3. The van der Waals surface area contributed by atoms with E-state index < -0.39 is 6.03 Å². The predicted molar refractivity (Wildman–Crippen MR) is 142 cm³/mol. The van der Waals surface area contributed by atoms with Gasteiger partial charge in [0.15, 0.2) is 6.29 Å². The van der Waals surface area contributed by atoms with Gasteiger partial charge in [-0.05, 0) is 43.0 Å². The predicted octanol–water partition coefficient (Wildman–Crippen LogP) is 2.95. The number of carbonyl (C=O) groups is 3. The lowest BCUT2D eigenvalue weighted by Gasteiger charge is -2.30. The van der Waals surface area contributed by atoms with Gasteiger partial charge < -0.3 is 15.0 Å². The number of aromatic nitrogens is 3. The Balaban J connectivity index is 1.37. The zero-order valence-electron chi connectivity index (χ0n) is 21.3. The molecule has 3 aromatic rings. The maximum atomic E-state index is 13.3. The monoisotopic (exact) mass is 526 g/mol. The van der Waals surface area contributed by atoms with Crippen molar-refractivity contribution in [3.8, 4) is 6.07 Å². The molecule has 0 radical (unpaired) electrons. The molecule has 0 aliphatic carbocycles. The number of aryl methyl sites for hydroxylation is 2. The first kappa shape index (κ1) is 25.7. The van der Waals surface area contributed by atoms with Gasteiger partial charge in [0.1, 0.15) is 30.0 Å². The zero-order chi connectivity index (χ0) is 27.4. The summed E-state index contributed by atoms with van der Waals surface area (Å²) in [5, 5.41) is 15.5. The molecule has 0 spiro atoms. The molecule has 12 heteroatoms. The van der Waals surface area contributed by atoms with Crippen LogP contribution in [0.5, 0.6) is 0 Å². The number of nitrogens with one attached hydrogen (secondary N) is 2. The van der Waals surface area contributed by atoms with Gasteiger partial charge in [0.2, 0.25) is 5.91 Å². The second kappa shape index (κ2) is 11.2. The topological polar surface area (TPSA) is 153 Å². The van der Waals surface area contributed by atoms with Crippen LogP contribution in [0.25, 0.3) is 0 Å². The van der Waals surface area contributed by atoms with Gasteiger partial charge in [-0.1, -0.05) is 0 Å². The number of morpholine rings is 1. The maximum Gasteiger partial charge on any atom is 0.328 e. The third-order valence-electron chi connectivity index (χ3n) is 6.64. The quantitative estimate of drug-likeness (QED) is 0.462. The van der Waals surface area contributed by atoms with Crippen molar-refractivity contribution in [1.29, 1.82) is 5.26 Å². The molecule has 0 unspecified atom stereocenters. The Labute approximate surface area is 224 Å². The lowest BCUT2D eigenvalue weighted by atomic mass is 10.0. The average molecular weight is 527 g/mol. The molecule has 198 valence electrons. The van der Waals surface area contributed by atoms with Gasteiger partial charge in [0.05, 0.1) is 29.7 Å². The van der Waals surface area contributed by atoms with Crippen LogP contribution in [0.3, 0.4) is 0 Å². The first-order chi connectivity index (χ1) is 19.0. The van der Waals surface area contributed by atoms with Gasteiger partial charge in [-0.15, -0.1) is 0 Å². The van der Waals surface area contributed by atoms with Crippen LogP contribution < -0.4 is 15.5 Å². The van der Waals surface area contributed by atoms with Crippen LogP contribution in [0.15, 0.2) is 36.8 Å². The molecule has 1 saturated heterocycles. The van der Waals surface area contributed by atoms with Crippen LogP contribution in [-0.2, 0) is 22.5 Å². The van der Waals surface area contributed by atoms with E-state index in [-0.39, 0.29) is 30.6 Å². The highest BCUT2D eigenvalue weighted by molar-refractivity contribution is 6.02. The largest absolute Gasteiger partial charge is 0.370 e. The van der Waals surface area contributed by atoms with Crippen molar-refractivity contribution in [3.05, 3.63) is 64.7 Å². The van der Waals surface area contributed by atoms with Crippen LogP contribution in [0.4, 0.5) is 27.8 Å². The number of pyridine rings is 3. The minimum Gasteiger partial charge on any atom is -0.370 e. The molecule has 1 fully saturated rings. The number of carbonyl (C=O) groups excluding carboxylic acids is 3. The SMILES string of the molecule is Cc1ccncc1Nc1cc(NC(=O)N2CCCc3cc(CN4CCOCC4=O)c(C=O)nc32)ncc1C#N. The molecular weight excluding hydrogens is 500 g/mol. The molecule has 0 bridgehead atoms. The molecule has 0 saturated carbocycles. The van der Waals surface area contributed by atoms with E-state index in [1.807, 2.05) is 19.1 Å². The lowest BCUT2D eigenvalue weighted by Crippen LogP contribution is -2.42. The number of urea groups is 1. The van der Waals surface area contributed by atoms with E-state index in [2.05, 4.69) is 31.7 Å². The van der Waals surface area contributed by atoms with Crippen LogP contribution in [0.2, 0.25) is 0 Å². The number of nitriles is 1. The minimum atomic E-state index is -0.461. The van der Waals surface area contributed by atoms with Crippen molar-refractivity contribution in [2.24, 2.45) is 0 Å². The van der Waals surface area contributed by atoms with Gasteiger partial charge in [-0.3, -0.25) is 24.8 Å². The number of hydrogen-bond acceptors (Lipinski definition) is 9. The highest BCUT2D eigenvalue weighted by atomic mass is 16.5. The maximum absolute atomic E-state index is 13.3. The molecule has 2 aliphatic rings. The lowest BCUT2D eigenvalue weighted by molar-refractivity contribution is -0.143. The molecule has 5 heterocycles. The standard InChI is InChI=1S/C27H26N8O4/c1-17-4-5-29-13-22(17)31-21-10-24(30-12-20(21)11-28)33-27(38)35-6-2-3-18-9-19(23(15-36)32-26(18)35)14-34-7-8-39-16-25(34)37/h4-5,9-10,12-13,15H,2-3,6-8,14,16H2,1H3,(H2,30,31,33,38). The van der Waals surface area contributed by atoms with Gasteiger partial charge in [0, 0.05) is 43.7 Å². The normalized spacial score (nSPS) is 14.8. The summed E-state index contributed by atoms with van der Waals surface area (Å²) in [5.74, 6) is 0.503. The molecule has 5 rings (SSSR count). The summed E-state index contributed by atoms with van der Waals surface area (Å²) in [6, 6.07) is 6.92. The summed E-state index contributed by atoms with van der Waals surface area (Å²) in [6.07, 6.45) is 6.74. The van der Waals surface area contributed by atoms with E-state index in [9.17, 15) is 19.6 Å². The number of nitrogens with zero attached hydrogens (tertiary/aromatic N) is 6. The van der Waals surface area contributed by atoms with Crippen LogP contribution in [0.1, 0.15) is 39.2 Å². The number of rotatable bonds is 6. The average Bonchev–Trinajstić information content (AvgIpc) is 2.95. The molecule has 3 amide bonds. The Hall–Kier alpha value is -4.89. The smallest absolute Gasteiger partial charge is 0.328 e. The molecular formula is C27H26N8O4. The molecule has 2 aliphatic heterocycles. The Kier molecular flexibility index (Phi) is 7.42. The van der Waals surface area contributed by atoms with Gasteiger partial charge in [0.25, 0.3) is 0 Å². The van der Waals surface area contributed by atoms with E-state index in [0.717, 1.165) is 16.8 Å². The first-order valence-electron chi connectivity index (χ1n) is 12.5. The number of fused-ring (bicyclic) bond motifs is 1. The molecule has 12 nitrogen and oxygen atoms in total. The van der Waals surface area contributed by atoms with Crippen LogP contribution in [0, 0.1) is 18.3 Å². The Morgan fingerprint density at radius 1 is 1.26 bits per heavy atom. The van der Waals surface area contributed by atoms with Crippen molar-refractivity contribution in [2.45, 2.75) is 26.3 Å².